The standard InChI is InChI=1S/C15H19NO5S/c1-16(12-7-13(17)8-12)22(20,21)14-3-2-9-4-11(15(18)19)5-10(9)6-14/h2-3,6,11-13,17H,4-5,7-8H2,1H3,(H,18,19). The highest BCUT2D eigenvalue weighted by Crippen LogP contribution is 2.32. The Kier molecular flexibility index (Phi) is 3.74. The molecule has 0 heterocycles. The molecule has 0 saturated heterocycles. The zero-order chi connectivity index (χ0) is 16.1. The van der Waals surface area contributed by atoms with E-state index >= 15 is 0 Å². The SMILES string of the molecule is CN(C1CC(O)C1)S(=O)(=O)c1ccc2c(c1)CC(C(=O)O)C2. The summed E-state index contributed by atoms with van der Waals surface area (Å²) < 4.78 is 26.5. The molecule has 0 spiro atoms. The van der Waals surface area contributed by atoms with E-state index in [0.717, 1.165) is 11.1 Å². The normalized spacial score (nSPS) is 27.5. The number of carbonyl (C=O) groups is 1. The first-order valence-electron chi connectivity index (χ1n) is 7.29. The predicted octanol–water partition coefficient (Wildman–Crippen LogP) is 0.630. The summed E-state index contributed by atoms with van der Waals surface area (Å²) in [5, 5.41) is 18.4. The second-order valence-electron chi connectivity index (χ2n) is 6.17. The van der Waals surface area contributed by atoms with E-state index in [-0.39, 0.29) is 10.9 Å². The summed E-state index contributed by atoms with van der Waals surface area (Å²) in [6.07, 6.45) is 1.33. The number of fused-ring (bicyclic) bond motifs is 1. The molecule has 1 saturated carbocycles. The Morgan fingerprint density at radius 3 is 2.45 bits per heavy atom. The molecule has 7 heteroatoms. The van der Waals surface area contributed by atoms with Gasteiger partial charge in [0.2, 0.25) is 10.0 Å². The van der Waals surface area contributed by atoms with Crippen LogP contribution in [0.5, 0.6) is 0 Å². The van der Waals surface area contributed by atoms with Gasteiger partial charge in [-0.2, -0.15) is 4.31 Å². The number of carboxylic acid groups (broad SMARTS) is 1. The van der Waals surface area contributed by atoms with Crippen LogP contribution in [0.3, 0.4) is 0 Å². The highest BCUT2D eigenvalue weighted by atomic mass is 32.2. The van der Waals surface area contributed by atoms with Gasteiger partial charge in [-0.15, -0.1) is 0 Å². The molecular weight excluding hydrogens is 306 g/mol. The van der Waals surface area contributed by atoms with Crippen LogP contribution in [0.4, 0.5) is 0 Å². The van der Waals surface area contributed by atoms with Gasteiger partial charge in [0, 0.05) is 13.1 Å². The number of nitrogens with zero attached hydrogens (tertiary/aromatic N) is 1. The van der Waals surface area contributed by atoms with Crippen LogP contribution in [0.1, 0.15) is 24.0 Å². The topological polar surface area (TPSA) is 94.9 Å². The number of carboxylic acids is 1. The second-order valence-corrected chi connectivity index (χ2v) is 8.17. The van der Waals surface area contributed by atoms with Gasteiger partial charge in [-0.3, -0.25) is 4.79 Å². The molecular formula is C15H19NO5S. The van der Waals surface area contributed by atoms with E-state index in [1.807, 2.05) is 0 Å². The third-order valence-electron chi connectivity index (χ3n) is 4.74. The number of hydrogen-bond donors (Lipinski definition) is 2. The van der Waals surface area contributed by atoms with Gasteiger partial charge in [0.1, 0.15) is 0 Å². The molecule has 0 radical (unpaired) electrons. The van der Waals surface area contributed by atoms with Crippen LogP contribution in [-0.4, -0.2) is 48.1 Å². The van der Waals surface area contributed by atoms with Crippen molar-refractivity contribution in [3.8, 4) is 0 Å². The Bertz CT molecular complexity index is 709. The molecule has 120 valence electrons. The molecule has 1 aromatic carbocycles. The number of benzene rings is 1. The molecule has 22 heavy (non-hydrogen) atoms. The number of aliphatic carboxylic acids is 1. The molecule has 2 aliphatic rings. The highest BCUT2D eigenvalue weighted by molar-refractivity contribution is 7.89. The fourth-order valence-corrected chi connectivity index (χ4v) is 4.58. The van der Waals surface area contributed by atoms with E-state index in [9.17, 15) is 18.3 Å². The van der Waals surface area contributed by atoms with E-state index < -0.39 is 28.0 Å². The molecule has 1 atom stereocenters. The van der Waals surface area contributed by atoms with E-state index in [2.05, 4.69) is 0 Å². The fourth-order valence-electron chi connectivity index (χ4n) is 3.15. The maximum atomic E-state index is 12.6. The summed E-state index contributed by atoms with van der Waals surface area (Å²) in [7, 11) is -2.08. The van der Waals surface area contributed by atoms with Crippen molar-refractivity contribution in [2.75, 3.05) is 7.05 Å². The summed E-state index contributed by atoms with van der Waals surface area (Å²) in [6.45, 7) is 0. The van der Waals surface area contributed by atoms with Crippen LogP contribution in [0, 0.1) is 5.92 Å². The average Bonchev–Trinajstić information content (AvgIpc) is 2.86. The molecule has 2 N–H and O–H groups in total. The van der Waals surface area contributed by atoms with E-state index in [0.29, 0.717) is 25.7 Å². The van der Waals surface area contributed by atoms with Crippen molar-refractivity contribution in [3.63, 3.8) is 0 Å². The van der Waals surface area contributed by atoms with Gasteiger partial charge < -0.3 is 10.2 Å². The Labute approximate surface area is 129 Å². The molecule has 0 bridgehead atoms. The fraction of sp³-hybridized carbons (Fsp3) is 0.533. The molecule has 6 nitrogen and oxygen atoms in total. The molecule has 1 aromatic rings. The third kappa shape index (κ3) is 2.53. The Balaban J connectivity index is 1.84. The number of sulfonamides is 1. The minimum atomic E-state index is -3.61. The van der Waals surface area contributed by atoms with Gasteiger partial charge in [0.15, 0.2) is 0 Å². The summed E-state index contributed by atoms with van der Waals surface area (Å²) in [5.74, 6) is -1.31. The summed E-state index contributed by atoms with van der Waals surface area (Å²) in [4.78, 5) is 11.3. The van der Waals surface area contributed by atoms with E-state index in [4.69, 9.17) is 5.11 Å². The smallest absolute Gasteiger partial charge is 0.307 e. The molecule has 0 aromatic heterocycles. The lowest BCUT2D eigenvalue weighted by atomic mass is 9.90. The quantitative estimate of drug-likeness (QED) is 0.847. The van der Waals surface area contributed by atoms with Crippen LogP contribution >= 0.6 is 0 Å². The molecule has 0 amide bonds. The second kappa shape index (κ2) is 5.33. The minimum Gasteiger partial charge on any atom is -0.481 e. The summed E-state index contributed by atoms with van der Waals surface area (Å²) in [5.41, 5.74) is 1.71. The van der Waals surface area contributed by atoms with Crippen molar-refractivity contribution in [2.24, 2.45) is 5.92 Å². The number of aliphatic hydroxyl groups is 1. The number of hydrogen-bond acceptors (Lipinski definition) is 4. The van der Waals surface area contributed by atoms with Crippen molar-refractivity contribution in [3.05, 3.63) is 29.3 Å². The van der Waals surface area contributed by atoms with Gasteiger partial charge in [-0.25, -0.2) is 8.42 Å². The minimum absolute atomic E-state index is 0.167. The maximum absolute atomic E-state index is 12.6. The lowest BCUT2D eigenvalue weighted by molar-refractivity contribution is -0.141. The van der Waals surface area contributed by atoms with E-state index in [1.54, 1.807) is 18.2 Å². The van der Waals surface area contributed by atoms with Gasteiger partial charge in [0.25, 0.3) is 0 Å². The van der Waals surface area contributed by atoms with Crippen LogP contribution in [0.2, 0.25) is 0 Å². The molecule has 1 fully saturated rings. The maximum Gasteiger partial charge on any atom is 0.307 e. The molecule has 1 unspecified atom stereocenters. The molecule has 0 aliphatic heterocycles. The predicted molar refractivity (Wildman–Crippen MR) is 79.0 cm³/mol. The third-order valence-corrected chi connectivity index (χ3v) is 6.65. The van der Waals surface area contributed by atoms with Gasteiger partial charge in [-0.05, 0) is 48.9 Å². The number of aliphatic hydroxyl groups excluding tert-OH is 1. The van der Waals surface area contributed by atoms with Crippen molar-refractivity contribution >= 4 is 16.0 Å². The van der Waals surface area contributed by atoms with Gasteiger partial charge >= 0.3 is 5.97 Å². The van der Waals surface area contributed by atoms with Crippen LogP contribution in [0.25, 0.3) is 0 Å². The highest BCUT2D eigenvalue weighted by Gasteiger charge is 2.37. The Morgan fingerprint density at radius 2 is 1.86 bits per heavy atom. The first kappa shape index (κ1) is 15.5. The zero-order valence-corrected chi connectivity index (χ0v) is 13.1. The largest absolute Gasteiger partial charge is 0.481 e. The Hall–Kier alpha value is -1.44. The van der Waals surface area contributed by atoms with Crippen LogP contribution in [-0.2, 0) is 27.7 Å². The van der Waals surface area contributed by atoms with Crippen molar-refractivity contribution in [1.82, 2.24) is 4.31 Å². The summed E-state index contributed by atoms with van der Waals surface area (Å²) in [6, 6.07) is 4.69. The van der Waals surface area contributed by atoms with Crippen LogP contribution in [0.15, 0.2) is 23.1 Å². The van der Waals surface area contributed by atoms with Crippen molar-refractivity contribution in [2.45, 2.75) is 42.7 Å². The molecule has 3 rings (SSSR count). The lowest BCUT2D eigenvalue weighted by Gasteiger charge is -2.37. The average molecular weight is 325 g/mol. The van der Waals surface area contributed by atoms with Gasteiger partial charge in [-0.1, -0.05) is 6.07 Å². The van der Waals surface area contributed by atoms with Crippen molar-refractivity contribution < 1.29 is 23.4 Å². The van der Waals surface area contributed by atoms with Crippen molar-refractivity contribution in [1.29, 1.82) is 0 Å². The first-order chi connectivity index (χ1) is 10.3. The zero-order valence-electron chi connectivity index (χ0n) is 12.3. The lowest BCUT2D eigenvalue weighted by Crippen LogP contribution is -2.47. The van der Waals surface area contributed by atoms with E-state index in [1.165, 1.54) is 11.4 Å². The number of rotatable bonds is 4. The van der Waals surface area contributed by atoms with Gasteiger partial charge in [0.05, 0.1) is 16.9 Å². The molecule has 2 aliphatic carbocycles. The summed E-state index contributed by atoms with van der Waals surface area (Å²) >= 11 is 0. The first-order valence-corrected chi connectivity index (χ1v) is 8.73. The van der Waals surface area contributed by atoms with Crippen LogP contribution < -0.4 is 0 Å². The Morgan fingerprint density at radius 1 is 1.23 bits per heavy atom. The monoisotopic (exact) mass is 325 g/mol.